The first-order valence-corrected chi connectivity index (χ1v) is 19.1. The normalized spacial score (nSPS) is 11.9. The van der Waals surface area contributed by atoms with Crippen molar-refractivity contribution in [2.45, 2.75) is 0 Å². The van der Waals surface area contributed by atoms with Crippen molar-refractivity contribution in [2.75, 3.05) is 0 Å². The standard InChI is InChI=1S/C51H31N5O/c1-4-15-32(16-5-1)49-52-50(33-17-6-2-7-18-33)54-51(53-49)34-19-14-22-36(29-34)56-42-25-12-10-23-37(42)40-30-41-45(31-44(40)56)55(35-20-8-3-9-21-35)43-28-27-39-38-24-11-13-26-46(38)57-48(39)47(41)43/h1-31H. The summed E-state index contributed by atoms with van der Waals surface area (Å²) in [5.41, 5.74) is 11.1. The fourth-order valence-corrected chi connectivity index (χ4v) is 8.60. The second-order valence-electron chi connectivity index (χ2n) is 14.4. The number of benzene rings is 8. The maximum atomic E-state index is 6.69. The quantitative estimate of drug-likeness (QED) is 0.177. The Balaban J connectivity index is 1.13. The molecule has 8 aromatic carbocycles. The van der Waals surface area contributed by atoms with Crippen molar-refractivity contribution in [2.24, 2.45) is 0 Å². The van der Waals surface area contributed by atoms with E-state index in [9.17, 15) is 0 Å². The molecule has 0 unspecified atom stereocenters. The highest BCUT2D eigenvalue weighted by Gasteiger charge is 2.22. The van der Waals surface area contributed by atoms with Gasteiger partial charge in [0.1, 0.15) is 11.2 Å². The van der Waals surface area contributed by atoms with Crippen LogP contribution in [0, 0.1) is 0 Å². The number of para-hydroxylation sites is 3. The fraction of sp³-hybridized carbons (Fsp3) is 0. The van der Waals surface area contributed by atoms with Crippen molar-refractivity contribution < 1.29 is 4.42 Å². The fourth-order valence-electron chi connectivity index (χ4n) is 8.60. The summed E-state index contributed by atoms with van der Waals surface area (Å²) in [6.45, 7) is 0. The molecule has 0 saturated heterocycles. The van der Waals surface area contributed by atoms with E-state index in [1.807, 2.05) is 66.7 Å². The third kappa shape index (κ3) is 4.87. The van der Waals surface area contributed by atoms with E-state index in [4.69, 9.17) is 19.4 Å². The van der Waals surface area contributed by atoms with Crippen LogP contribution >= 0.6 is 0 Å². The van der Waals surface area contributed by atoms with Crippen LogP contribution in [0.2, 0.25) is 0 Å². The first-order valence-electron chi connectivity index (χ1n) is 19.1. The molecule has 0 N–H and O–H groups in total. The first-order chi connectivity index (χ1) is 28.3. The molecular formula is C51H31N5O. The molecule has 266 valence electrons. The average molecular weight is 730 g/mol. The van der Waals surface area contributed by atoms with Gasteiger partial charge in [0.15, 0.2) is 17.5 Å². The first kappa shape index (κ1) is 31.5. The van der Waals surface area contributed by atoms with Crippen molar-refractivity contribution >= 4 is 65.6 Å². The third-order valence-electron chi connectivity index (χ3n) is 11.1. The van der Waals surface area contributed by atoms with Crippen LogP contribution in [-0.4, -0.2) is 24.1 Å². The van der Waals surface area contributed by atoms with Gasteiger partial charge in [0, 0.05) is 55.0 Å². The third-order valence-corrected chi connectivity index (χ3v) is 11.1. The van der Waals surface area contributed by atoms with E-state index in [2.05, 4.69) is 130 Å². The highest BCUT2D eigenvalue weighted by atomic mass is 16.3. The summed E-state index contributed by atoms with van der Waals surface area (Å²) in [5, 5.41) is 6.85. The van der Waals surface area contributed by atoms with E-state index in [0.29, 0.717) is 17.5 Å². The van der Waals surface area contributed by atoms with Crippen LogP contribution in [-0.2, 0) is 0 Å². The lowest BCUT2D eigenvalue weighted by atomic mass is 10.1. The number of fused-ring (bicyclic) bond motifs is 10. The second-order valence-corrected chi connectivity index (χ2v) is 14.4. The smallest absolute Gasteiger partial charge is 0.164 e. The van der Waals surface area contributed by atoms with Gasteiger partial charge >= 0.3 is 0 Å². The lowest BCUT2D eigenvalue weighted by Gasteiger charge is -2.12. The summed E-state index contributed by atoms with van der Waals surface area (Å²) in [4.78, 5) is 15.0. The van der Waals surface area contributed by atoms with E-state index in [1.54, 1.807) is 0 Å². The Morgan fingerprint density at radius 2 is 0.895 bits per heavy atom. The number of hydrogen-bond donors (Lipinski definition) is 0. The van der Waals surface area contributed by atoms with Gasteiger partial charge in [-0.3, -0.25) is 0 Å². The number of rotatable bonds is 5. The zero-order valence-electron chi connectivity index (χ0n) is 30.5. The molecule has 0 bridgehead atoms. The molecule has 0 amide bonds. The van der Waals surface area contributed by atoms with Crippen LogP contribution in [0.3, 0.4) is 0 Å². The molecule has 4 heterocycles. The molecule has 57 heavy (non-hydrogen) atoms. The number of hydrogen-bond acceptors (Lipinski definition) is 4. The Labute approximate surface area is 326 Å². The van der Waals surface area contributed by atoms with Crippen LogP contribution < -0.4 is 0 Å². The Bertz CT molecular complexity index is 3450. The van der Waals surface area contributed by atoms with E-state index in [1.165, 1.54) is 10.8 Å². The highest BCUT2D eigenvalue weighted by Crippen LogP contribution is 2.44. The van der Waals surface area contributed by atoms with Crippen LogP contribution in [0.15, 0.2) is 192 Å². The molecule has 4 aromatic heterocycles. The Morgan fingerprint density at radius 3 is 1.63 bits per heavy atom. The van der Waals surface area contributed by atoms with E-state index in [-0.39, 0.29) is 0 Å². The van der Waals surface area contributed by atoms with E-state index < -0.39 is 0 Å². The number of nitrogens with zero attached hydrogens (tertiary/aromatic N) is 5. The van der Waals surface area contributed by atoms with Crippen molar-refractivity contribution in [3.8, 4) is 45.5 Å². The van der Waals surface area contributed by atoms with Crippen molar-refractivity contribution in [3.63, 3.8) is 0 Å². The van der Waals surface area contributed by atoms with Gasteiger partial charge < -0.3 is 13.6 Å². The molecule has 6 heteroatoms. The average Bonchev–Trinajstić information content (AvgIpc) is 3.93. The lowest BCUT2D eigenvalue weighted by molar-refractivity contribution is 0.673. The molecule has 0 atom stereocenters. The summed E-state index contributed by atoms with van der Waals surface area (Å²) in [5.74, 6) is 1.89. The van der Waals surface area contributed by atoms with Crippen molar-refractivity contribution in [1.29, 1.82) is 0 Å². The van der Waals surface area contributed by atoms with Crippen molar-refractivity contribution in [1.82, 2.24) is 24.1 Å². The van der Waals surface area contributed by atoms with Gasteiger partial charge in [-0.2, -0.15) is 0 Å². The lowest BCUT2D eigenvalue weighted by Crippen LogP contribution is -2.01. The monoisotopic (exact) mass is 729 g/mol. The number of furan rings is 1. The van der Waals surface area contributed by atoms with E-state index in [0.717, 1.165) is 82.8 Å². The largest absolute Gasteiger partial charge is 0.455 e. The Morgan fingerprint density at radius 1 is 0.333 bits per heavy atom. The SMILES string of the molecule is c1ccc(-c2nc(-c3ccccc3)nc(-c3cccc(-n4c5ccccc5c5cc6c7c8oc9ccccc9c8ccc7n(-c7ccccc7)c6cc54)c3)n2)cc1. The van der Waals surface area contributed by atoms with E-state index >= 15 is 0 Å². The number of aromatic nitrogens is 5. The maximum Gasteiger partial charge on any atom is 0.164 e. The maximum absolute atomic E-state index is 6.69. The predicted octanol–water partition coefficient (Wildman–Crippen LogP) is 13.0. The van der Waals surface area contributed by atoms with Crippen LogP contribution in [0.1, 0.15) is 0 Å². The Hall–Kier alpha value is -7.83. The molecule has 0 radical (unpaired) electrons. The summed E-state index contributed by atoms with van der Waals surface area (Å²) in [7, 11) is 0. The minimum Gasteiger partial charge on any atom is -0.455 e. The zero-order chi connectivity index (χ0) is 37.5. The molecule has 0 fully saturated rings. The highest BCUT2D eigenvalue weighted by molar-refractivity contribution is 6.26. The predicted molar refractivity (Wildman–Crippen MR) is 232 cm³/mol. The van der Waals surface area contributed by atoms with Crippen LogP contribution in [0.25, 0.3) is 111 Å². The Kier molecular flexibility index (Phi) is 6.83. The van der Waals surface area contributed by atoms with Gasteiger partial charge in [-0.1, -0.05) is 127 Å². The van der Waals surface area contributed by atoms with Gasteiger partial charge in [-0.15, -0.1) is 0 Å². The van der Waals surface area contributed by atoms with Crippen LogP contribution in [0.4, 0.5) is 0 Å². The second kappa shape index (κ2) is 12.3. The molecule has 0 aliphatic carbocycles. The van der Waals surface area contributed by atoms with Gasteiger partial charge in [-0.25, -0.2) is 15.0 Å². The summed E-state index contributed by atoms with van der Waals surface area (Å²) in [6.07, 6.45) is 0. The molecule has 6 nitrogen and oxygen atoms in total. The van der Waals surface area contributed by atoms with Gasteiger partial charge in [0.25, 0.3) is 0 Å². The summed E-state index contributed by atoms with van der Waals surface area (Å²) in [6, 6.07) is 65.5. The van der Waals surface area contributed by atoms with Gasteiger partial charge in [0.05, 0.1) is 27.5 Å². The molecule has 0 saturated carbocycles. The van der Waals surface area contributed by atoms with Crippen molar-refractivity contribution in [3.05, 3.63) is 188 Å². The van der Waals surface area contributed by atoms with Gasteiger partial charge in [-0.05, 0) is 60.7 Å². The minimum absolute atomic E-state index is 0.617. The molecule has 0 aliphatic heterocycles. The summed E-state index contributed by atoms with van der Waals surface area (Å²) >= 11 is 0. The topological polar surface area (TPSA) is 61.7 Å². The molecule has 12 rings (SSSR count). The molecule has 0 spiro atoms. The minimum atomic E-state index is 0.617. The summed E-state index contributed by atoms with van der Waals surface area (Å²) < 4.78 is 11.4. The molecule has 12 aromatic rings. The zero-order valence-corrected chi connectivity index (χ0v) is 30.5. The van der Waals surface area contributed by atoms with Crippen LogP contribution in [0.5, 0.6) is 0 Å². The molecular weight excluding hydrogens is 699 g/mol. The molecule has 0 aliphatic rings. The van der Waals surface area contributed by atoms with Gasteiger partial charge in [0.2, 0.25) is 0 Å².